The van der Waals surface area contributed by atoms with E-state index in [0.29, 0.717) is 24.5 Å². The number of carbonyl (C=O) groups is 1. The minimum absolute atomic E-state index is 0.108. The predicted molar refractivity (Wildman–Crippen MR) is 69.2 cm³/mol. The van der Waals surface area contributed by atoms with Crippen molar-refractivity contribution in [1.29, 1.82) is 0 Å². The van der Waals surface area contributed by atoms with Gasteiger partial charge in [-0.2, -0.15) is 0 Å². The Morgan fingerprint density at radius 1 is 1.41 bits per heavy atom. The quantitative estimate of drug-likeness (QED) is 0.831. The lowest BCUT2D eigenvalue weighted by atomic mass is 10.2. The van der Waals surface area contributed by atoms with Crippen molar-refractivity contribution >= 4 is 23.2 Å². The van der Waals surface area contributed by atoms with E-state index in [1.165, 1.54) is 0 Å². The lowest BCUT2D eigenvalue weighted by Crippen LogP contribution is -2.28. The first-order valence-corrected chi connectivity index (χ1v) is 6.08. The number of nitrogens with one attached hydrogen (secondary N) is 1. The Hall–Kier alpha value is -1.26. The van der Waals surface area contributed by atoms with Crippen LogP contribution >= 0.6 is 11.6 Å². The topological polar surface area (TPSA) is 58.4 Å². The average Bonchev–Trinajstić information content (AvgIpc) is 2.54. The van der Waals surface area contributed by atoms with Crippen molar-refractivity contribution in [2.75, 3.05) is 24.5 Å². The zero-order valence-corrected chi connectivity index (χ0v) is 10.3. The smallest absolute Gasteiger partial charge is 0.221 e. The van der Waals surface area contributed by atoms with E-state index in [1.807, 2.05) is 18.2 Å². The van der Waals surface area contributed by atoms with Crippen LogP contribution in [0.5, 0.6) is 0 Å². The first-order chi connectivity index (χ1) is 8.20. The Balaban J connectivity index is 2.16. The maximum atomic E-state index is 11.2. The third-order valence-electron chi connectivity index (χ3n) is 2.93. The number of nitrogens with two attached hydrogens (primary N) is 1. The molecule has 1 aromatic rings. The summed E-state index contributed by atoms with van der Waals surface area (Å²) in [4.78, 5) is 13.4. The van der Waals surface area contributed by atoms with Crippen LogP contribution in [-0.2, 0) is 11.3 Å². The molecule has 1 fully saturated rings. The van der Waals surface area contributed by atoms with Crippen LogP contribution in [0, 0.1) is 0 Å². The summed E-state index contributed by atoms with van der Waals surface area (Å²) < 4.78 is 0. The van der Waals surface area contributed by atoms with Gasteiger partial charge in [0.15, 0.2) is 0 Å². The number of benzene rings is 1. The molecule has 17 heavy (non-hydrogen) atoms. The SMILES string of the molecule is NCc1ccc(N2CCNC(=O)CC2)cc1Cl. The minimum Gasteiger partial charge on any atom is -0.369 e. The summed E-state index contributed by atoms with van der Waals surface area (Å²) in [5, 5.41) is 3.54. The molecule has 0 saturated carbocycles. The normalized spacial score (nSPS) is 16.6. The van der Waals surface area contributed by atoms with Crippen LogP contribution in [0.25, 0.3) is 0 Å². The second kappa shape index (κ2) is 5.38. The van der Waals surface area contributed by atoms with Crippen LogP contribution in [0.15, 0.2) is 18.2 Å². The van der Waals surface area contributed by atoms with Gasteiger partial charge in [-0.15, -0.1) is 0 Å². The number of hydrogen-bond donors (Lipinski definition) is 2. The van der Waals surface area contributed by atoms with E-state index in [-0.39, 0.29) is 5.91 Å². The van der Waals surface area contributed by atoms with Crippen molar-refractivity contribution in [2.24, 2.45) is 5.73 Å². The summed E-state index contributed by atoms with van der Waals surface area (Å²) >= 11 is 6.13. The van der Waals surface area contributed by atoms with Crippen molar-refractivity contribution in [1.82, 2.24) is 5.32 Å². The number of rotatable bonds is 2. The summed E-state index contributed by atoms with van der Waals surface area (Å²) in [6.07, 6.45) is 0.524. The molecular weight excluding hydrogens is 238 g/mol. The second-order valence-electron chi connectivity index (χ2n) is 4.07. The van der Waals surface area contributed by atoms with E-state index < -0.39 is 0 Å². The second-order valence-corrected chi connectivity index (χ2v) is 4.47. The number of nitrogens with zero attached hydrogens (tertiary/aromatic N) is 1. The monoisotopic (exact) mass is 253 g/mol. The van der Waals surface area contributed by atoms with Crippen molar-refractivity contribution in [3.8, 4) is 0 Å². The van der Waals surface area contributed by atoms with Gasteiger partial charge >= 0.3 is 0 Å². The van der Waals surface area contributed by atoms with Gasteiger partial charge in [-0.05, 0) is 17.7 Å². The largest absolute Gasteiger partial charge is 0.369 e. The average molecular weight is 254 g/mol. The Bertz CT molecular complexity index is 422. The number of anilines is 1. The van der Waals surface area contributed by atoms with E-state index in [2.05, 4.69) is 10.2 Å². The summed E-state index contributed by atoms with van der Waals surface area (Å²) in [5.41, 5.74) is 7.56. The van der Waals surface area contributed by atoms with Gasteiger partial charge in [-0.25, -0.2) is 0 Å². The molecule has 0 bridgehead atoms. The van der Waals surface area contributed by atoms with Crippen molar-refractivity contribution in [3.63, 3.8) is 0 Å². The number of carbonyl (C=O) groups excluding carboxylic acids is 1. The van der Waals surface area contributed by atoms with Crippen molar-refractivity contribution < 1.29 is 4.79 Å². The Labute approximate surface area is 106 Å². The molecule has 5 heteroatoms. The summed E-state index contributed by atoms with van der Waals surface area (Å²) in [7, 11) is 0. The van der Waals surface area contributed by atoms with Crippen LogP contribution < -0.4 is 16.0 Å². The molecule has 4 nitrogen and oxygen atoms in total. The molecule has 2 rings (SSSR count). The molecular formula is C12H16ClN3O. The van der Waals surface area contributed by atoms with Gasteiger partial charge in [0.05, 0.1) is 0 Å². The zero-order chi connectivity index (χ0) is 12.3. The Morgan fingerprint density at radius 3 is 2.94 bits per heavy atom. The summed E-state index contributed by atoms with van der Waals surface area (Å²) in [6.45, 7) is 2.66. The fourth-order valence-electron chi connectivity index (χ4n) is 1.92. The third-order valence-corrected chi connectivity index (χ3v) is 3.29. The fraction of sp³-hybridized carbons (Fsp3) is 0.417. The lowest BCUT2D eigenvalue weighted by molar-refractivity contribution is -0.120. The minimum atomic E-state index is 0.108. The fourth-order valence-corrected chi connectivity index (χ4v) is 2.18. The highest BCUT2D eigenvalue weighted by Crippen LogP contribution is 2.23. The molecule has 0 unspecified atom stereocenters. The molecule has 0 radical (unpaired) electrons. The summed E-state index contributed by atoms with van der Waals surface area (Å²) in [5.74, 6) is 0.108. The van der Waals surface area contributed by atoms with Gasteiger partial charge < -0.3 is 16.0 Å². The van der Waals surface area contributed by atoms with Gasteiger partial charge in [-0.1, -0.05) is 17.7 Å². The van der Waals surface area contributed by atoms with Gasteiger partial charge in [0, 0.05) is 43.3 Å². The third kappa shape index (κ3) is 2.90. The molecule has 1 aromatic carbocycles. The first-order valence-electron chi connectivity index (χ1n) is 5.71. The molecule has 92 valence electrons. The summed E-state index contributed by atoms with van der Waals surface area (Å²) in [6, 6.07) is 5.86. The molecule has 0 atom stereocenters. The van der Waals surface area contributed by atoms with E-state index in [9.17, 15) is 4.79 Å². The number of hydrogen-bond acceptors (Lipinski definition) is 3. The maximum absolute atomic E-state index is 11.2. The zero-order valence-electron chi connectivity index (χ0n) is 9.58. The Kier molecular flexibility index (Phi) is 3.86. The van der Waals surface area contributed by atoms with Crippen molar-refractivity contribution in [2.45, 2.75) is 13.0 Å². The molecule has 1 heterocycles. The van der Waals surface area contributed by atoms with Crippen LogP contribution in [-0.4, -0.2) is 25.5 Å². The maximum Gasteiger partial charge on any atom is 0.221 e. The van der Waals surface area contributed by atoms with E-state index in [4.69, 9.17) is 17.3 Å². The lowest BCUT2D eigenvalue weighted by Gasteiger charge is -2.22. The van der Waals surface area contributed by atoms with Crippen molar-refractivity contribution in [3.05, 3.63) is 28.8 Å². The van der Waals surface area contributed by atoms with Gasteiger partial charge in [0.25, 0.3) is 0 Å². The van der Waals surface area contributed by atoms with Gasteiger partial charge in [0.2, 0.25) is 5.91 Å². The molecule has 0 spiro atoms. The number of halogens is 1. The highest BCUT2D eigenvalue weighted by Gasteiger charge is 2.14. The molecule has 3 N–H and O–H groups in total. The van der Waals surface area contributed by atoms with Gasteiger partial charge in [0.1, 0.15) is 0 Å². The highest BCUT2D eigenvalue weighted by molar-refractivity contribution is 6.31. The molecule has 1 amide bonds. The van der Waals surface area contributed by atoms with Crippen LogP contribution in [0.3, 0.4) is 0 Å². The van der Waals surface area contributed by atoms with Gasteiger partial charge in [-0.3, -0.25) is 4.79 Å². The molecule has 1 aliphatic heterocycles. The molecule has 0 aliphatic carbocycles. The molecule has 1 aliphatic rings. The van der Waals surface area contributed by atoms with E-state index in [0.717, 1.165) is 24.3 Å². The Morgan fingerprint density at radius 2 is 2.24 bits per heavy atom. The van der Waals surface area contributed by atoms with Crippen LogP contribution in [0.2, 0.25) is 5.02 Å². The first kappa shape index (κ1) is 12.2. The van der Waals surface area contributed by atoms with Crippen LogP contribution in [0.1, 0.15) is 12.0 Å². The molecule has 1 saturated heterocycles. The highest BCUT2D eigenvalue weighted by atomic mass is 35.5. The van der Waals surface area contributed by atoms with E-state index >= 15 is 0 Å². The molecule has 0 aromatic heterocycles. The van der Waals surface area contributed by atoms with Crippen LogP contribution in [0.4, 0.5) is 5.69 Å². The predicted octanol–water partition coefficient (Wildman–Crippen LogP) is 1.12. The standard InChI is InChI=1S/C12H16ClN3O/c13-11-7-10(2-1-9(11)8-14)16-5-3-12(17)15-4-6-16/h1-2,7H,3-6,8,14H2,(H,15,17). The number of amides is 1. The van der Waals surface area contributed by atoms with E-state index in [1.54, 1.807) is 0 Å².